The normalized spacial score (nSPS) is 15.9. The number of unbranched alkanes of at least 4 members (excludes halogenated alkanes) is 2. The molecule has 3 rings (SSSR count). The number of piperidine rings is 1. The van der Waals surface area contributed by atoms with Crippen LogP contribution in [-0.2, 0) is 25.6 Å². The smallest absolute Gasteiger partial charge is 0.243 e. The molecule has 3 N–H and O–H groups in total. The van der Waals surface area contributed by atoms with Crippen molar-refractivity contribution in [1.82, 2.24) is 10.2 Å². The monoisotopic (exact) mass is 583 g/mol. The molecule has 2 atom stereocenters. The van der Waals surface area contributed by atoms with Crippen LogP contribution in [0.3, 0.4) is 0 Å². The topological polar surface area (TPSA) is 129 Å². The zero-order valence-electron chi connectivity index (χ0n) is 24.8. The van der Waals surface area contributed by atoms with Gasteiger partial charge in [0.1, 0.15) is 18.1 Å². The van der Waals surface area contributed by atoms with Crippen LogP contribution in [0, 0.1) is 0 Å². The Hall–Kier alpha value is -3.31. The minimum Gasteiger partial charge on any atom is -0.494 e. The lowest BCUT2D eigenvalue weighted by molar-refractivity contribution is -0.137. The SMILES string of the molecule is C[C@@H](N)c1cccc(OCCCCCOCCCOCCOc2cccc(C=O)c2CN(C)C2CCC(=O)NC2=O)c1. The summed E-state index contributed by atoms with van der Waals surface area (Å²) >= 11 is 0. The lowest BCUT2D eigenvalue weighted by Gasteiger charge is -2.30. The minimum absolute atomic E-state index is 0.00263. The maximum atomic E-state index is 12.2. The summed E-state index contributed by atoms with van der Waals surface area (Å²) in [6, 6.07) is 12.8. The number of benzene rings is 2. The van der Waals surface area contributed by atoms with Gasteiger partial charge in [0.05, 0.1) is 19.3 Å². The van der Waals surface area contributed by atoms with E-state index in [1.165, 1.54) is 0 Å². The fourth-order valence-electron chi connectivity index (χ4n) is 4.70. The van der Waals surface area contributed by atoms with E-state index in [9.17, 15) is 14.4 Å². The molecule has 2 aromatic carbocycles. The molecular formula is C32H45N3O7. The Balaban J connectivity index is 1.23. The average molecular weight is 584 g/mol. The average Bonchev–Trinajstić information content (AvgIpc) is 2.98. The molecule has 0 radical (unpaired) electrons. The van der Waals surface area contributed by atoms with Crippen molar-refractivity contribution >= 4 is 18.1 Å². The van der Waals surface area contributed by atoms with E-state index in [0.717, 1.165) is 43.3 Å². The van der Waals surface area contributed by atoms with E-state index in [2.05, 4.69) is 5.32 Å². The van der Waals surface area contributed by atoms with Crippen LogP contribution in [0.25, 0.3) is 0 Å². The first-order chi connectivity index (χ1) is 20.4. The molecule has 1 saturated heterocycles. The summed E-state index contributed by atoms with van der Waals surface area (Å²) in [5.74, 6) is 0.863. The second kappa shape index (κ2) is 18.3. The Morgan fingerprint density at radius 1 is 0.952 bits per heavy atom. The maximum absolute atomic E-state index is 12.2. The van der Waals surface area contributed by atoms with Crippen LogP contribution >= 0.6 is 0 Å². The largest absolute Gasteiger partial charge is 0.494 e. The van der Waals surface area contributed by atoms with Crippen molar-refractivity contribution in [1.29, 1.82) is 0 Å². The Kier molecular flexibility index (Phi) is 14.4. The van der Waals surface area contributed by atoms with Crippen LogP contribution in [0.15, 0.2) is 42.5 Å². The van der Waals surface area contributed by atoms with Crippen LogP contribution < -0.4 is 20.5 Å². The molecule has 2 aromatic rings. The number of hydrogen-bond acceptors (Lipinski definition) is 9. The molecule has 10 heteroatoms. The zero-order valence-corrected chi connectivity index (χ0v) is 24.8. The highest BCUT2D eigenvalue weighted by atomic mass is 16.5. The molecule has 1 aliphatic rings. The second-order valence-electron chi connectivity index (χ2n) is 10.5. The summed E-state index contributed by atoms with van der Waals surface area (Å²) in [4.78, 5) is 37.2. The first-order valence-corrected chi connectivity index (χ1v) is 14.8. The van der Waals surface area contributed by atoms with Gasteiger partial charge in [-0.25, -0.2) is 0 Å². The van der Waals surface area contributed by atoms with Gasteiger partial charge in [0, 0.05) is 50.0 Å². The molecule has 230 valence electrons. The van der Waals surface area contributed by atoms with E-state index >= 15 is 0 Å². The van der Waals surface area contributed by atoms with Crippen molar-refractivity contribution in [2.75, 3.05) is 46.7 Å². The van der Waals surface area contributed by atoms with Gasteiger partial charge in [0.15, 0.2) is 6.29 Å². The van der Waals surface area contributed by atoms with Gasteiger partial charge in [0.25, 0.3) is 0 Å². The number of nitrogens with zero attached hydrogens (tertiary/aromatic N) is 1. The predicted molar refractivity (Wildman–Crippen MR) is 160 cm³/mol. The fourth-order valence-corrected chi connectivity index (χ4v) is 4.70. The van der Waals surface area contributed by atoms with Gasteiger partial charge in [-0.3, -0.25) is 24.6 Å². The number of aldehydes is 1. The molecule has 0 bridgehead atoms. The van der Waals surface area contributed by atoms with Crippen LogP contribution in [0.4, 0.5) is 0 Å². The molecule has 1 fully saturated rings. The molecule has 0 spiro atoms. The second-order valence-corrected chi connectivity index (χ2v) is 10.5. The van der Waals surface area contributed by atoms with E-state index in [4.69, 9.17) is 24.7 Å². The summed E-state index contributed by atoms with van der Waals surface area (Å²) < 4.78 is 23.1. The molecular weight excluding hydrogens is 538 g/mol. The molecule has 1 aliphatic heterocycles. The predicted octanol–water partition coefficient (Wildman–Crippen LogP) is 3.81. The number of amides is 2. The van der Waals surface area contributed by atoms with E-state index < -0.39 is 6.04 Å². The highest BCUT2D eigenvalue weighted by Gasteiger charge is 2.30. The Morgan fingerprint density at radius 2 is 1.69 bits per heavy atom. The van der Waals surface area contributed by atoms with Crippen molar-refractivity contribution < 1.29 is 33.3 Å². The van der Waals surface area contributed by atoms with Crippen LogP contribution in [0.1, 0.15) is 73.0 Å². The number of carbonyl (C=O) groups is 3. The molecule has 10 nitrogen and oxygen atoms in total. The first kappa shape index (κ1) is 33.2. The quantitative estimate of drug-likeness (QED) is 0.136. The first-order valence-electron chi connectivity index (χ1n) is 14.8. The summed E-state index contributed by atoms with van der Waals surface area (Å²) in [5.41, 5.74) is 8.20. The summed E-state index contributed by atoms with van der Waals surface area (Å²) in [6.07, 6.45) is 5.31. The number of likely N-dealkylation sites (N-methyl/N-ethyl adjacent to an activating group) is 1. The Labute approximate surface area is 248 Å². The lowest BCUT2D eigenvalue weighted by Crippen LogP contribution is -2.51. The molecule has 2 amide bonds. The van der Waals surface area contributed by atoms with Gasteiger partial charge in [0.2, 0.25) is 11.8 Å². The lowest BCUT2D eigenvalue weighted by atomic mass is 10.0. The number of nitrogens with one attached hydrogen (secondary N) is 1. The van der Waals surface area contributed by atoms with Gasteiger partial charge in [-0.15, -0.1) is 0 Å². The number of hydrogen-bond donors (Lipinski definition) is 2. The highest BCUT2D eigenvalue weighted by molar-refractivity contribution is 6.00. The summed E-state index contributed by atoms with van der Waals surface area (Å²) in [7, 11) is 1.80. The Morgan fingerprint density at radius 3 is 2.45 bits per heavy atom. The van der Waals surface area contributed by atoms with Crippen molar-refractivity contribution in [2.45, 2.75) is 64.1 Å². The minimum atomic E-state index is -0.441. The fraction of sp³-hybridized carbons (Fsp3) is 0.531. The molecule has 1 heterocycles. The van der Waals surface area contributed by atoms with E-state index in [1.54, 1.807) is 25.2 Å². The zero-order chi connectivity index (χ0) is 30.2. The third-order valence-corrected chi connectivity index (χ3v) is 7.09. The van der Waals surface area contributed by atoms with E-state index in [0.29, 0.717) is 75.9 Å². The number of imide groups is 1. The van der Waals surface area contributed by atoms with Gasteiger partial charge in [-0.05, 0) is 69.8 Å². The third-order valence-electron chi connectivity index (χ3n) is 7.09. The van der Waals surface area contributed by atoms with E-state index in [1.807, 2.05) is 36.1 Å². The number of carbonyl (C=O) groups excluding carboxylic acids is 3. The molecule has 0 aliphatic carbocycles. The Bertz CT molecular complexity index is 1140. The third kappa shape index (κ3) is 11.2. The summed E-state index contributed by atoms with van der Waals surface area (Å²) in [5, 5.41) is 2.37. The molecule has 42 heavy (non-hydrogen) atoms. The van der Waals surface area contributed by atoms with Crippen LogP contribution in [-0.4, -0.2) is 75.7 Å². The number of nitrogens with two attached hydrogens (primary N) is 1. The van der Waals surface area contributed by atoms with Gasteiger partial charge < -0.3 is 24.7 Å². The van der Waals surface area contributed by atoms with Crippen molar-refractivity contribution in [3.8, 4) is 11.5 Å². The molecule has 1 unspecified atom stereocenters. The summed E-state index contributed by atoms with van der Waals surface area (Å²) in [6.45, 7) is 5.63. The van der Waals surface area contributed by atoms with Crippen LogP contribution in [0.5, 0.6) is 11.5 Å². The van der Waals surface area contributed by atoms with E-state index in [-0.39, 0.29) is 17.9 Å². The van der Waals surface area contributed by atoms with Gasteiger partial charge in [-0.2, -0.15) is 0 Å². The number of ether oxygens (including phenoxy) is 4. The van der Waals surface area contributed by atoms with Gasteiger partial charge in [-0.1, -0.05) is 24.3 Å². The standard InChI is InChI=1S/C32H45N3O7/c1-24(33)25-9-6-11-27(21-25)41-18-5-3-4-15-39-16-8-17-40-19-20-42-30-12-7-10-26(23-36)28(30)22-35(2)29-13-14-31(37)34-32(29)38/h6-7,9-12,21,23-24,29H,3-5,8,13-20,22,33H2,1-2H3,(H,34,37,38)/t24-,29?/m1/s1. The van der Waals surface area contributed by atoms with Crippen molar-refractivity contribution in [3.05, 3.63) is 59.2 Å². The van der Waals surface area contributed by atoms with Crippen LogP contribution in [0.2, 0.25) is 0 Å². The molecule has 0 saturated carbocycles. The van der Waals surface area contributed by atoms with Crippen molar-refractivity contribution in [2.24, 2.45) is 5.73 Å². The number of rotatable bonds is 20. The molecule has 0 aromatic heterocycles. The van der Waals surface area contributed by atoms with Gasteiger partial charge >= 0.3 is 0 Å². The van der Waals surface area contributed by atoms with Crippen molar-refractivity contribution in [3.63, 3.8) is 0 Å². The highest BCUT2D eigenvalue weighted by Crippen LogP contribution is 2.25. The maximum Gasteiger partial charge on any atom is 0.243 e.